The lowest BCUT2D eigenvalue weighted by molar-refractivity contribution is -0.278. The van der Waals surface area contributed by atoms with Crippen molar-refractivity contribution in [1.29, 1.82) is 0 Å². The summed E-state index contributed by atoms with van der Waals surface area (Å²) in [5, 5.41) is 3.77. The fourth-order valence-corrected chi connectivity index (χ4v) is 6.54. The highest BCUT2D eigenvalue weighted by Crippen LogP contribution is 2.39. The van der Waals surface area contributed by atoms with Crippen molar-refractivity contribution in [2.24, 2.45) is 11.8 Å². The number of unbranched alkanes of at least 4 members (excludes halogenated alkanes) is 16. The van der Waals surface area contributed by atoms with Gasteiger partial charge in [-0.1, -0.05) is 123 Å². The molecule has 0 radical (unpaired) electrons. The lowest BCUT2D eigenvalue weighted by Crippen LogP contribution is -2.59. The number of hydrogen-bond donors (Lipinski definition) is 1. The highest BCUT2D eigenvalue weighted by atomic mass is 17.2. The minimum atomic E-state index is -0.132. The van der Waals surface area contributed by atoms with Gasteiger partial charge < -0.3 is 5.32 Å². The molecule has 0 aliphatic carbocycles. The van der Waals surface area contributed by atoms with Gasteiger partial charge in [-0.2, -0.15) is 4.89 Å². The lowest BCUT2D eigenvalue weighted by Gasteiger charge is -2.48. The first-order valence-electron chi connectivity index (χ1n) is 16.3. The third-order valence-electron chi connectivity index (χ3n) is 8.18. The van der Waals surface area contributed by atoms with Crippen molar-refractivity contribution in [2.75, 3.05) is 6.61 Å². The Morgan fingerprint density at radius 1 is 0.676 bits per heavy atom. The van der Waals surface area contributed by atoms with E-state index >= 15 is 0 Å². The van der Waals surface area contributed by atoms with Crippen molar-refractivity contribution in [3.63, 3.8) is 0 Å². The zero-order valence-corrected chi connectivity index (χ0v) is 25.9. The third kappa shape index (κ3) is 17.6. The van der Waals surface area contributed by atoms with E-state index in [0.717, 1.165) is 38.5 Å². The molecule has 1 aliphatic heterocycles. The molecule has 4 nitrogen and oxygen atoms in total. The molecule has 1 saturated heterocycles. The van der Waals surface area contributed by atoms with Gasteiger partial charge in [-0.15, -0.1) is 0 Å². The van der Waals surface area contributed by atoms with Gasteiger partial charge in [0.05, 0.1) is 12.5 Å². The van der Waals surface area contributed by atoms with Crippen LogP contribution in [0.4, 0.5) is 0 Å². The first-order chi connectivity index (χ1) is 17.7. The van der Waals surface area contributed by atoms with E-state index in [0.29, 0.717) is 12.5 Å². The highest BCUT2D eigenvalue weighted by molar-refractivity contribution is 5.72. The average molecular weight is 524 g/mol. The Hall–Kier alpha value is -0.610. The molecule has 1 atom stereocenters. The number of hydrogen-bond acceptors (Lipinski definition) is 4. The molecule has 0 aromatic carbocycles. The lowest BCUT2D eigenvalue weighted by atomic mass is 9.69. The van der Waals surface area contributed by atoms with Crippen LogP contribution in [0.25, 0.3) is 0 Å². The van der Waals surface area contributed by atoms with Crippen molar-refractivity contribution in [3.8, 4) is 0 Å². The van der Waals surface area contributed by atoms with E-state index in [-0.39, 0.29) is 23.0 Å². The fraction of sp³-hybridized carbons (Fsp3) is 0.970. The maximum Gasteiger partial charge on any atom is 0.345 e. The molecule has 0 saturated carbocycles. The molecule has 1 fully saturated rings. The van der Waals surface area contributed by atoms with Crippen molar-refractivity contribution in [1.82, 2.24) is 5.32 Å². The summed E-state index contributed by atoms with van der Waals surface area (Å²) in [5.74, 6) is 0.144. The Morgan fingerprint density at radius 2 is 1.08 bits per heavy atom. The van der Waals surface area contributed by atoms with Crippen LogP contribution in [0.5, 0.6) is 0 Å². The second-order valence-electron chi connectivity index (χ2n) is 13.3. The predicted molar refractivity (Wildman–Crippen MR) is 159 cm³/mol. The predicted octanol–water partition coefficient (Wildman–Crippen LogP) is 10.1. The Labute approximate surface area is 231 Å². The van der Waals surface area contributed by atoms with E-state index in [2.05, 4.69) is 46.9 Å². The van der Waals surface area contributed by atoms with Gasteiger partial charge in [-0.25, -0.2) is 4.79 Å². The van der Waals surface area contributed by atoms with Gasteiger partial charge >= 0.3 is 5.97 Å². The second-order valence-corrected chi connectivity index (χ2v) is 13.3. The number of carbonyl (C=O) groups is 1. The molecular weight excluding hydrogens is 458 g/mol. The van der Waals surface area contributed by atoms with Crippen LogP contribution in [-0.2, 0) is 14.6 Å². The Bertz CT molecular complexity index is 544. The molecule has 0 amide bonds. The number of nitrogens with one attached hydrogen (secondary N) is 1. The summed E-state index contributed by atoms with van der Waals surface area (Å²) in [6, 6.07) is 0. The van der Waals surface area contributed by atoms with Crippen LogP contribution in [0.15, 0.2) is 0 Å². The van der Waals surface area contributed by atoms with Gasteiger partial charge in [0.2, 0.25) is 0 Å². The van der Waals surface area contributed by atoms with Gasteiger partial charge in [0.25, 0.3) is 0 Å². The van der Waals surface area contributed by atoms with Crippen LogP contribution in [0.2, 0.25) is 0 Å². The number of carbonyl (C=O) groups excluding carboxylic acids is 1. The first kappa shape index (κ1) is 34.4. The first-order valence-corrected chi connectivity index (χ1v) is 16.3. The number of rotatable bonds is 23. The largest absolute Gasteiger partial charge is 0.345 e. The van der Waals surface area contributed by atoms with Crippen LogP contribution in [-0.4, -0.2) is 23.7 Å². The summed E-state index contributed by atoms with van der Waals surface area (Å²) in [4.78, 5) is 24.0. The van der Waals surface area contributed by atoms with Crippen LogP contribution in [0.3, 0.4) is 0 Å². The highest BCUT2D eigenvalue weighted by Gasteiger charge is 2.43. The van der Waals surface area contributed by atoms with E-state index in [1.807, 2.05) is 0 Å². The zero-order valence-electron chi connectivity index (χ0n) is 25.9. The molecule has 0 aromatic heterocycles. The molecule has 1 unspecified atom stereocenters. The standard InChI is InChI=1S/C33H65NO3/c1-7-9-11-13-15-16-17-18-19-20-21-23-25-30(29-27-32(3,4)34-33(5,6)28-29)31(35)37-36-26-24-22-14-12-10-8-2/h29-30,34H,7-28H2,1-6H3. The quantitative estimate of drug-likeness (QED) is 0.0822. The minimum Gasteiger partial charge on any atom is -0.307 e. The maximum absolute atomic E-state index is 13.2. The second kappa shape index (κ2) is 20.3. The van der Waals surface area contributed by atoms with Gasteiger partial charge in [-0.05, 0) is 59.3 Å². The summed E-state index contributed by atoms with van der Waals surface area (Å²) < 4.78 is 0. The summed E-state index contributed by atoms with van der Waals surface area (Å²) >= 11 is 0. The van der Waals surface area contributed by atoms with Crippen LogP contribution in [0, 0.1) is 11.8 Å². The molecule has 0 aromatic rings. The van der Waals surface area contributed by atoms with E-state index in [9.17, 15) is 4.79 Å². The SMILES string of the molecule is CCCCCCCCCCCCCCC(C(=O)OOCCCCCCCC)C1CC(C)(C)NC(C)(C)C1. The zero-order chi connectivity index (χ0) is 27.4. The molecule has 4 heteroatoms. The summed E-state index contributed by atoms with van der Waals surface area (Å²) in [6.07, 6.45) is 26.2. The molecule has 220 valence electrons. The molecule has 1 N–H and O–H groups in total. The third-order valence-corrected chi connectivity index (χ3v) is 8.18. The molecule has 0 spiro atoms. The normalized spacial score (nSPS) is 18.1. The maximum atomic E-state index is 13.2. The summed E-state index contributed by atoms with van der Waals surface area (Å²) in [5.41, 5.74) is 0.0572. The topological polar surface area (TPSA) is 47.6 Å². The monoisotopic (exact) mass is 523 g/mol. The Balaban J connectivity index is 2.40. The van der Waals surface area contributed by atoms with Crippen molar-refractivity contribution < 1.29 is 14.6 Å². The van der Waals surface area contributed by atoms with Gasteiger partial charge in [0, 0.05) is 11.1 Å². The fourth-order valence-electron chi connectivity index (χ4n) is 6.54. The Kier molecular flexibility index (Phi) is 18.9. The van der Waals surface area contributed by atoms with Crippen LogP contribution < -0.4 is 5.32 Å². The van der Waals surface area contributed by atoms with E-state index in [4.69, 9.17) is 9.78 Å². The van der Waals surface area contributed by atoms with Gasteiger partial charge in [0.1, 0.15) is 0 Å². The molecule has 37 heavy (non-hydrogen) atoms. The molecule has 0 bridgehead atoms. The smallest absolute Gasteiger partial charge is 0.307 e. The van der Waals surface area contributed by atoms with Crippen molar-refractivity contribution >= 4 is 5.97 Å². The van der Waals surface area contributed by atoms with Crippen LogP contribution in [0.1, 0.15) is 176 Å². The summed E-state index contributed by atoms with van der Waals surface area (Å²) in [6.45, 7) is 14.1. The molecule has 1 aliphatic rings. The average Bonchev–Trinajstić information content (AvgIpc) is 2.81. The van der Waals surface area contributed by atoms with E-state index < -0.39 is 0 Å². The van der Waals surface area contributed by atoms with E-state index in [1.54, 1.807) is 0 Å². The molecular formula is C33H65NO3. The number of piperidine rings is 1. The van der Waals surface area contributed by atoms with Gasteiger partial charge in [0.15, 0.2) is 0 Å². The molecule has 1 heterocycles. The molecule has 1 rings (SSSR count). The van der Waals surface area contributed by atoms with Crippen molar-refractivity contribution in [3.05, 3.63) is 0 Å². The summed E-state index contributed by atoms with van der Waals surface area (Å²) in [7, 11) is 0. The van der Waals surface area contributed by atoms with E-state index in [1.165, 1.54) is 96.3 Å². The minimum absolute atomic E-state index is 0.0286. The van der Waals surface area contributed by atoms with Gasteiger partial charge in [-0.3, -0.25) is 4.89 Å². The Morgan fingerprint density at radius 3 is 1.54 bits per heavy atom. The van der Waals surface area contributed by atoms with Crippen molar-refractivity contribution in [2.45, 2.75) is 187 Å². The van der Waals surface area contributed by atoms with Crippen LogP contribution >= 0.6 is 0 Å².